The summed E-state index contributed by atoms with van der Waals surface area (Å²) in [7, 11) is 0. The van der Waals surface area contributed by atoms with E-state index in [1.165, 1.54) is 12.1 Å². The van der Waals surface area contributed by atoms with E-state index in [0.29, 0.717) is 5.02 Å². The highest BCUT2D eigenvalue weighted by Crippen LogP contribution is 2.31. The fraction of sp³-hybridized carbons (Fsp3) is 0.231. The van der Waals surface area contributed by atoms with Gasteiger partial charge in [0.1, 0.15) is 5.82 Å². The molecule has 1 aromatic carbocycles. The van der Waals surface area contributed by atoms with Crippen LogP contribution < -0.4 is 5.32 Å². The number of halogens is 2. The molecule has 1 N–H and O–H groups in total. The predicted molar refractivity (Wildman–Crippen MR) is 71.2 cm³/mol. The van der Waals surface area contributed by atoms with Crippen molar-refractivity contribution in [3.8, 4) is 0 Å². The van der Waals surface area contributed by atoms with E-state index in [4.69, 9.17) is 11.6 Å². The van der Waals surface area contributed by atoms with Gasteiger partial charge in [-0.25, -0.2) is 4.39 Å². The third kappa shape index (κ3) is 2.86. The lowest BCUT2D eigenvalue weighted by molar-refractivity contribution is 0.607. The molecule has 17 heavy (non-hydrogen) atoms. The molecule has 1 aromatic heterocycles. The first-order valence-corrected chi connectivity index (χ1v) is 6.70. The van der Waals surface area contributed by atoms with E-state index < -0.39 is 0 Å². The summed E-state index contributed by atoms with van der Waals surface area (Å²) >= 11 is 7.78. The fourth-order valence-corrected chi connectivity index (χ4v) is 2.80. The fourth-order valence-electron chi connectivity index (χ4n) is 1.76. The lowest BCUT2D eigenvalue weighted by atomic mass is 10.1. The van der Waals surface area contributed by atoms with Crippen LogP contribution in [-0.2, 0) is 0 Å². The smallest absolute Gasteiger partial charge is 0.123 e. The van der Waals surface area contributed by atoms with Crippen LogP contribution in [0.15, 0.2) is 35.7 Å². The molecule has 0 bridgehead atoms. The molecule has 0 amide bonds. The van der Waals surface area contributed by atoms with Gasteiger partial charge in [0, 0.05) is 9.90 Å². The minimum absolute atomic E-state index is 0.0387. The van der Waals surface area contributed by atoms with Crippen molar-refractivity contribution in [1.29, 1.82) is 0 Å². The summed E-state index contributed by atoms with van der Waals surface area (Å²) in [5, 5.41) is 5.92. The van der Waals surface area contributed by atoms with Crippen molar-refractivity contribution in [2.45, 2.75) is 13.0 Å². The van der Waals surface area contributed by atoms with E-state index in [-0.39, 0.29) is 11.9 Å². The van der Waals surface area contributed by atoms with Gasteiger partial charge in [-0.15, -0.1) is 11.3 Å². The van der Waals surface area contributed by atoms with E-state index in [2.05, 4.69) is 5.32 Å². The molecule has 0 aliphatic carbocycles. The van der Waals surface area contributed by atoms with Gasteiger partial charge in [0.05, 0.1) is 6.04 Å². The summed E-state index contributed by atoms with van der Waals surface area (Å²) in [6, 6.07) is 8.45. The van der Waals surface area contributed by atoms with Gasteiger partial charge >= 0.3 is 0 Å². The second-order valence-corrected chi connectivity index (χ2v) is 5.06. The first-order chi connectivity index (χ1) is 8.22. The average Bonchev–Trinajstić information content (AvgIpc) is 2.83. The molecule has 0 aliphatic rings. The van der Waals surface area contributed by atoms with Crippen LogP contribution in [0.4, 0.5) is 4.39 Å². The molecule has 0 fully saturated rings. The molecule has 1 unspecified atom stereocenters. The summed E-state index contributed by atoms with van der Waals surface area (Å²) in [5.41, 5.74) is 0.788. The highest BCUT2D eigenvalue weighted by atomic mass is 35.5. The third-order valence-electron chi connectivity index (χ3n) is 2.50. The number of hydrogen-bond donors (Lipinski definition) is 1. The van der Waals surface area contributed by atoms with Crippen molar-refractivity contribution >= 4 is 22.9 Å². The first kappa shape index (κ1) is 12.6. The second-order valence-electron chi connectivity index (χ2n) is 3.67. The van der Waals surface area contributed by atoms with Gasteiger partial charge in [-0.2, -0.15) is 0 Å². The highest BCUT2D eigenvalue weighted by Gasteiger charge is 2.17. The molecule has 2 rings (SSSR count). The SMILES string of the molecule is CCNC(c1cccs1)c1cc(F)ccc1Cl. The number of thiophene rings is 1. The maximum atomic E-state index is 13.3. The second kappa shape index (κ2) is 5.63. The van der Waals surface area contributed by atoms with Crippen molar-refractivity contribution in [2.75, 3.05) is 6.54 Å². The first-order valence-electron chi connectivity index (χ1n) is 5.44. The van der Waals surface area contributed by atoms with Crippen molar-refractivity contribution < 1.29 is 4.39 Å². The summed E-state index contributed by atoms with van der Waals surface area (Å²) in [6.45, 7) is 2.82. The van der Waals surface area contributed by atoms with Gasteiger partial charge in [-0.05, 0) is 41.8 Å². The quantitative estimate of drug-likeness (QED) is 0.875. The Labute approximate surface area is 109 Å². The number of hydrogen-bond acceptors (Lipinski definition) is 2. The van der Waals surface area contributed by atoms with Crippen molar-refractivity contribution in [1.82, 2.24) is 5.32 Å². The molecule has 0 saturated carbocycles. The molecule has 0 aliphatic heterocycles. The zero-order chi connectivity index (χ0) is 12.3. The summed E-state index contributed by atoms with van der Waals surface area (Å²) in [4.78, 5) is 1.14. The number of nitrogens with one attached hydrogen (secondary N) is 1. The summed E-state index contributed by atoms with van der Waals surface area (Å²) in [6.07, 6.45) is 0. The maximum Gasteiger partial charge on any atom is 0.123 e. The average molecular weight is 270 g/mol. The Bertz CT molecular complexity index is 484. The van der Waals surface area contributed by atoms with E-state index >= 15 is 0 Å². The molecule has 1 atom stereocenters. The normalized spacial score (nSPS) is 12.6. The Morgan fingerprint density at radius 2 is 2.24 bits per heavy atom. The molecule has 0 radical (unpaired) electrons. The largest absolute Gasteiger partial charge is 0.306 e. The van der Waals surface area contributed by atoms with Crippen LogP contribution in [0.3, 0.4) is 0 Å². The lowest BCUT2D eigenvalue weighted by Crippen LogP contribution is -2.21. The van der Waals surface area contributed by atoms with Crippen LogP contribution in [0, 0.1) is 5.82 Å². The summed E-state index contributed by atoms with van der Waals surface area (Å²) in [5.74, 6) is -0.260. The molecular formula is C13H13ClFNS. The van der Waals surface area contributed by atoms with Crippen LogP contribution in [0.25, 0.3) is 0 Å². The Morgan fingerprint density at radius 3 is 2.88 bits per heavy atom. The number of rotatable bonds is 4. The highest BCUT2D eigenvalue weighted by molar-refractivity contribution is 7.10. The van der Waals surface area contributed by atoms with Crippen LogP contribution in [0.5, 0.6) is 0 Å². The minimum Gasteiger partial charge on any atom is -0.306 e. The van der Waals surface area contributed by atoms with E-state index in [9.17, 15) is 4.39 Å². The van der Waals surface area contributed by atoms with Crippen LogP contribution in [-0.4, -0.2) is 6.54 Å². The van der Waals surface area contributed by atoms with E-state index in [1.807, 2.05) is 24.4 Å². The Hall–Kier alpha value is -0.900. The molecule has 2 aromatic rings. The molecule has 1 nitrogen and oxygen atoms in total. The van der Waals surface area contributed by atoms with Crippen LogP contribution in [0.2, 0.25) is 5.02 Å². The van der Waals surface area contributed by atoms with Gasteiger partial charge in [0.25, 0.3) is 0 Å². The van der Waals surface area contributed by atoms with Gasteiger partial charge < -0.3 is 5.32 Å². The molecule has 0 spiro atoms. The minimum atomic E-state index is -0.260. The molecular weight excluding hydrogens is 257 g/mol. The van der Waals surface area contributed by atoms with Gasteiger partial charge in [0.15, 0.2) is 0 Å². The molecule has 0 saturated heterocycles. The van der Waals surface area contributed by atoms with Gasteiger partial charge in [-0.3, -0.25) is 0 Å². The molecule has 1 heterocycles. The zero-order valence-corrected chi connectivity index (χ0v) is 11.0. The van der Waals surface area contributed by atoms with Crippen LogP contribution >= 0.6 is 22.9 Å². The summed E-state index contributed by atoms with van der Waals surface area (Å²) < 4.78 is 13.3. The van der Waals surface area contributed by atoms with Crippen molar-refractivity contribution in [2.24, 2.45) is 0 Å². The van der Waals surface area contributed by atoms with Crippen molar-refractivity contribution in [3.05, 3.63) is 57.0 Å². The van der Waals surface area contributed by atoms with Crippen molar-refractivity contribution in [3.63, 3.8) is 0 Å². The lowest BCUT2D eigenvalue weighted by Gasteiger charge is -2.18. The van der Waals surface area contributed by atoms with Gasteiger partial charge in [0.2, 0.25) is 0 Å². The predicted octanol–water partition coefficient (Wildman–Crippen LogP) is 4.24. The Morgan fingerprint density at radius 1 is 1.41 bits per heavy atom. The number of benzene rings is 1. The van der Waals surface area contributed by atoms with E-state index in [1.54, 1.807) is 17.4 Å². The molecule has 90 valence electrons. The maximum absolute atomic E-state index is 13.3. The molecule has 4 heteroatoms. The van der Waals surface area contributed by atoms with Crippen LogP contribution in [0.1, 0.15) is 23.4 Å². The topological polar surface area (TPSA) is 12.0 Å². The Kier molecular flexibility index (Phi) is 4.15. The standard InChI is InChI=1S/C13H13ClFNS/c1-2-16-13(12-4-3-7-17-12)10-8-9(15)5-6-11(10)14/h3-8,13,16H,2H2,1H3. The Balaban J connectivity index is 2.42. The monoisotopic (exact) mass is 269 g/mol. The van der Waals surface area contributed by atoms with E-state index in [0.717, 1.165) is 17.0 Å². The third-order valence-corrected chi connectivity index (χ3v) is 3.79. The zero-order valence-electron chi connectivity index (χ0n) is 9.41. The van der Waals surface area contributed by atoms with Gasteiger partial charge in [-0.1, -0.05) is 24.6 Å².